The van der Waals surface area contributed by atoms with Gasteiger partial charge >= 0.3 is 0 Å². The van der Waals surface area contributed by atoms with E-state index in [1.807, 2.05) is 0 Å². The molecule has 1 amide bonds. The quantitative estimate of drug-likeness (QED) is 0.370. The average Bonchev–Trinajstić information content (AvgIpc) is 2.70. The lowest BCUT2D eigenvalue weighted by Gasteiger charge is -2.52. The van der Waals surface area contributed by atoms with E-state index in [0.717, 1.165) is 0 Å². The molecule has 1 aromatic heterocycles. The first-order valence-electron chi connectivity index (χ1n) is 10.1. The molecule has 0 bridgehead atoms. The number of primary amides is 1. The third-order valence-corrected chi connectivity index (χ3v) is 7.03. The minimum Gasteiger partial charge on any atom is -0.505 e. The Morgan fingerprint density at radius 2 is 1.91 bits per heavy atom. The Morgan fingerprint density at radius 1 is 1.25 bits per heavy atom. The zero-order valence-electron chi connectivity index (χ0n) is 17.4. The predicted molar refractivity (Wildman–Crippen MR) is 105 cm³/mol. The van der Waals surface area contributed by atoms with Crippen molar-refractivity contribution in [1.82, 2.24) is 9.88 Å². The minimum atomic E-state index is -2.75. The van der Waals surface area contributed by atoms with Crippen LogP contribution < -0.4 is 5.73 Å². The molecule has 11 heteroatoms. The summed E-state index contributed by atoms with van der Waals surface area (Å²) in [6, 6.07) is -1.14. The number of Topliss-reactive ketones (excluding diaryl/α,β-unsaturated/α-hetero) is 4. The molecule has 4 rings (SSSR count). The maximum Gasteiger partial charge on any atom is 0.235 e. The molecule has 3 aliphatic rings. The van der Waals surface area contributed by atoms with Crippen LogP contribution in [0, 0.1) is 23.7 Å². The van der Waals surface area contributed by atoms with Crippen molar-refractivity contribution in [3.63, 3.8) is 0 Å². The Balaban J connectivity index is 1.86. The monoisotopic (exact) mass is 445 g/mol. The Bertz CT molecular complexity index is 1080. The van der Waals surface area contributed by atoms with E-state index in [-0.39, 0.29) is 24.1 Å². The number of nitrogens with two attached hydrogens (primary N) is 1. The van der Waals surface area contributed by atoms with Gasteiger partial charge in [-0.1, -0.05) is 0 Å². The Hall–Kier alpha value is -3.02. The van der Waals surface area contributed by atoms with Gasteiger partial charge in [-0.2, -0.15) is 0 Å². The van der Waals surface area contributed by atoms with Crippen LogP contribution in [0.2, 0.25) is 0 Å². The van der Waals surface area contributed by atoms with Crippen molar-refractivity contribution in [2.75, 3.05) is 14.1 Å². The highest BCUT2D eigenvalue weighted by atomic mass is 16.3. The van der Waals surface area contributed by atoms with Crippen LogP contribution >= 0.6 is 0 Å². The molecule has 1 aromatic rings. The number of likely N-dealkylation sites (N-methyl/N-ethyl adjacent to an activating group) is 1. The number of aromatic nitrogens is 1. The third kappa shape index (κ3) is 2.71. The summed E-state index contributed by atoms with van der Waals surface area (Å²) in [6.45, 7) is -0.633. The fraction of sp³-hybridized carbons (Fsp3) is 0.524. The van der Waals surface area contributed by atoms with Crippen molar-refractivity contribution < 1.29 is 39.3 Å². The normalized spacial score (nSPS) is 34.2. The van der Waals surface area contributed by atoms with Gasteiger partial charge in [-0.25, -0.2) is 0 Å². The van der Waals surface area contributed by atoms with Crippen molar-refractivity contribution in [1.29, 1.82) is 0 Å². The lowest BCUT2D eigenvalue weighted by Crippen LogP contribution is -2.74. The topological polar surface area (TPSA) is 188 Å². The SMILES string of the molecule is CN(C)[C@@H]1C(=O)C(C(N)=O)C(=O)[C@@]2(O)C(=O)C3C(=O)c4c(cnc(CO)c4O)C[C@H]3C[C@@H]12. The number of ketones is 4. The molecule has 170 valence electrons. The summed E-state index contributed by atoms with van der Waals surface area (Å²) < 4.78 is 0. The summed E-state index contributed by atoms with van der Waals surface area (Å²) in [6.07, 6.45) is 1.45. The Kier molecular flexibility index (Phi) is 5.03. The van der Waals surface area contributed by atoms with Gasteiger partial charge in [0.15, 0.2) is 40.4 Å². The zero-order chi connectivity index (χ0) is 23.7. The first-order chi connectivity index (χ1) is 15.0. The van der Waals surface area contributed by atoms with Crippen LogP contribution in [-0.2, 0) is 32.2 Å². The summed E-state index contributed by atoms with van der Waals surface area (Å²) in [5, 5.41) is 31.1. The largest absolute Gasteiger partial charge is 0.505 e. The van der Waals surface area contributed by atoms with Gasteiger partial charge in [-0.3, -0.25) is 33.9 Å². The van der Waals surface area contributed by atoms with E-state index in [0.29, 0.717) is 5.56 Å². The van der Waals surface area contributed by atoms with Crippen LogP contribution in [0.5, 0.6) is 5.75 Å². The molecule has 0 radical (unpaired) electrons. The lowest BCUT2D eigenvalue weighted by molar-refractivity contribution is -0.181. The molecular weight excluding hydrogens is 422 g/mol. The van der Waals surface area contributed by atoms with Crippen LogP contribution in [0.1, 0.15) is 28.0 Å². The molecule has 2 saturated carbocycles. The molecule has 0 spiro atoms. The number of fused-ring (bicyclic) bond motifs is 3. The lowest BCUT2D eigenvalue weighted by atomic mass is 9.52. The van der Waals surface area contributed by atoms with Crippen LogP contribution in [0.15, 0.2) is 6.20 Å². The van der Waals surface area contributed by atoms with Crippen LogP contribution in [0.3, 0.4) is 0 Å². The number of rotatable bonds is 3. The summed E-state index contributed by atoms with van der Waals surface area (Å²) >= 11 is 0. The minimum absolute atomic E-state index is 0.0214. The maximum atomic E-state index is 13.5. The second-order valence-corrected chi connectivity index (χ2v) is 8.90. The van der Waals surface area contributed by atoms with Gasteiger partial charge < -0.3 is 21.1 Å². The average molecular weight is 445 g/mol. The standard InChI is InChI=1S/C21H23N3O8/c1-24(2)14-9-4-7-3-8-5-23-10(6-25)15(26)11(8)16(27)12(7)18(29)21(9,32)19(30)13(17(14)28)20(22)31/h5,7,9,12-14,25-26,32H,3-4,6H2,1-2H3,(H2,22,31)/t7-,9-,12?,13?,14-,21-/m0/s1. The molecular formula is C21H23N3O8. The molecule has 2 fully saturated rings. The number of carbonyl (C=O) groups is 5. The van der Waals surface area contributed by atoms with Crippen molar-refractivity contribution in [2.24, 2.45) is 29.4 Å². The maximum absolute atomic E-state index is 13.5. The van der Waals surface area contributed by atoms with E-state index in [1.165, 1.54) is 25.2 Å². The molecule has 11 nitrogen and oxygen atoms in total. The summed E-state index contributed by atoms with van der Waals surface area (Å²) in [5.74, 6) is -11.1. The number of aliphatic hydroxyl groups excluding tert-OH is 1. The van der Waals surface area contributed by atoms with E-state index in [2.05, 4.69) is 4.98 Å². The summed E-state index contributed by atoms with van der Waals surface area (Å²) in [7, 11) is 3.04. The van der Waals surface area contributed by atoms with Gasteiger partial charge in [0.25, 0.3) is 0 Å². The number of hydrogen-bond donors (Lipinski definition) is 4. The number of aliphatic hydroxyl groups is 2. The van der Waals surface area contributed by atoms with Gasteiger partial charge in [0.2, 0.25) is 5.91 Å². The van der Waals surface area contributed by atoms with Crippen molar-refractivity contribution >= 4 is 29.0 Å². The summed E-state index contributed by atoms with van der Waals surface area (Å²) in [5.41, 5.74) is 2.55. The Morgan fingerprint density at radius 3 is 2.47 bits per heavy atom. The molecule has 1 heterocycles. The highest BCUT2D eigenvalue weighted by Crippen LogP contribution is 2.50. The molecule has 0 saturated heterocycles. The molecule has 6 atom stereocenters. The zero-order valence-corrected chi connectivity index (χ0v) is 17.4. The van der Waals surface area contributed by atoms with Crippen molar-refractivity contribution in [2.45, 2.75) is 31.1 Å². The third-order valence-electron chi connectivity index (χ3n) is 7.03. The van der Waals surface area contributed by atoms with E-state index in [9.17, 15) is 39.3 Å². The fourth-order valence-corrected chi connectivity index (χ4v) is 5.63. The van der Waals surface area contributed by atoms with E-state index in [1.54, 1.807) is 0 Å². The molecule has 32 heavy (non-hydrogen) atoms. The van der Waals surface area contributed by atoms with Crippen LogP contribution in [0.25, 0.3) is 0 Å². The molecule has 3 aliphatic carbocycles. The molecule has 5 N–H and O–H groups in total. The molecule has 0 aliphatic heterocycles. The number of pyridine rings is 1. The van der Waals surface area contributed by atoms with Gasteiger partial charge in [0, 0.05) is 12.1 Å². The number of carbonyl (C=O) groups excluding carboxylic acids is 5. The second kappa shape index (κ2) is 7.26. The number of hydrogen-bond acceptors (Lipinski definition) is 10. The first kappa shape index (κ1) is 22.2. The smallest absolute Gasteiger partial charge is 0.235 e. The van der Waals surface area contributed by atoms with Crippen molar-refractivity contribution in [3.05, 3.63) is 23.0 Å². The van der Waals surface area contributed by atoms with Crippen molar-refractivity contribution in [3.8, 4) is 5.75 Å². The predicted octanol–water partition coefficient (Wildman–Crippen LogP) is -2.25. The molecule has 2 unspecified atom stereocenters. The van der Waals surface area contributed by atoms with Gasteiger partial charge in [0.05, 0.1) is 24.1 Å². The van der Waals surface area contributed by atoms with E-state index >= 15 is 0 Å². The van der Waals surface area contributed by atoms with E-state index in [4.69, 9.17) is 5.73 Å². The number of amides is 1. The first-order valence-corrected chi connectivity index (χ1v) is 10.1. The number of aromatic hydroxyl groups is 1. The van der Waals surface area contributed by atoms with Crippen LogP contribution in [-0.4, -0.2) is 80.0 Å². The highest BCUT2D eigenvalue weighted by Gasteiger charge is 2.69. The Labute approximate surface area is 182 Å². The van der Waals surface area contributed by atoms with Gasteiger partial charge in [-0.15, -0.1) is 0 Å². The van der Waals surface area contributed by atoms with Crippen LogP contribution in [0.4, 0.5) is 0 Å². The highest BCUT2D eigenvalue weighted by molar-refractivity contribution is 6.32. The number of nitrogens with zero attached hydrogens (tertiary/aromatic N) is 2. The molecule has 0 aromatic carbocycles. The second-order valence-electron chi connectivity index (χ2n) is 8.90. The fourth-order valence-electron chi connectivity index (χ4n) is 5.63. The van der Waals surface area contributed by atoms with Gasteiger partial charge in [-0.05, 0) is 38.4 Å². The summed E-state index contributed by atoms with van der Waals surface area (Å²) in [4.78, 5) is 70.1. The van der Waals surface area contributed by atoms with E-state index < -0.39 is 76.7 Å². The van der Waals surface area contributed by atoms with Gasteiger partial charge in [0.1, 0.15) is 5.69 Å².